The van der Waals surface area contributed by atoms with Crippen LogP contribution in [-0.2, 0) is 6.54 Å². The standard InChI is InChI=1S/C25H21FN4O2S/c1-15-8-10-17(11-9-15)22-21(16(2)30(25(31)27-22)14-20-7-4-12-33-20)24-28-23(29-32-24)18-5-3-6-19(26)13-18/h3-13,22H,14H2,1-2H3,(H,27,31). The first-order valence-electron chi connectivity index (χ1n) is 10.5. The first-order valence-corrected chi connectivity index (χ1v) is 11.4. The molecule has 1 unspecified atom stereocenters. The van der Waals surface area contributed by atoms with E-state index in [4.69, 9.17) is 4.52 Å². The number of nitrogens with one attached hydrogen (secondary N) is 1. The van der Waals surface area contributed by atoms with Gasteiger partial charge >= 0.3 is 6.03 Å². The van der Waals surface area contributed by atoms with E-state index >= 15 is 0 Å². The second-order valence-corrected chi connectivity index (χ2v) is 8.92. The van der Waals surface area contributed by atoms with Crippen LogP contribution in [0.2, 0.25) is 0 Å². The maximum atomic E-state index is 13.7. The highest BCUT2D eigenvalue weighted by atomic mass is 32.1. The second kappa shape index (κ2) is 8.63. The Bertz CT molecular complexity index is 1330. The lowest BCUT2D eigenvalue weighted by Gasteiger charge is -2.35. The van der Waals surface area contributed by atoms with Crippen LogP contribution in [0.15, 0.2) is 76.3 Å². The monoisotopic (exact) mass is 460 g/mol. The number of carbonyl (C=O) groups is 1. The molecule has 0 radical (unpaired) electrons. The number of carbonyl (C=O) groups excluding carboxylic acids is 1. The first-order chi connectivity index (χ1) is 16.0. The molecule has 0 saturated carbocycles. The van der Waals surface area contributed by atoms with Crippen molar-refractivity contribution in [3.05, 3.63) is 99.5 Å². The van der Waals surface area contributed by atoms with Crippen LogP contribution in [0.1, 0.15) is 34.9 Å². The lowest BCUT2D eigenvalue weighted by molar-refractivity contribution is 0.203. The number of urea groups is 1. The van der Waals surface area contributed by atoms with Crippen LogP contribution in [0.25, 0.3) is 17.0 Å². The molecule has 0 aliphatic carbocycles. The molecule has 0 saturated heterocycles. The smallest absolute Gasteiger partial charge is 0.322 e. The van der Waals surface area contributed by atoms with Crippen LogP contribution in [0.4, 0.5) is 9.18 Å². The fourth-order valence-corrected chi connectivity index (χ4v) is 4.59. The number of halogens is 1. The van der Waals surface area contributed by atoms with Crippen LogP contribution in [0, 0.1) is 12.7 Å². The minimum Gasteiger partial charge on any atom is -0.334 e. The van der Waals surface area contributed by atoms with Crippen LogP contribution in [0.3, 0.4) is 0 Å². The van der Waals surface area contributed by atoms with Crippen molar-refractivity contribution < 1.29 is 13.7 Å². The van der Waals surface area contributed by atoms with Gasteiger partial charge in [-0.3, -0.25) is 4.90 Å². The number of benzene rings is 2. The molecule has 3 heterocycles. The Balaban J connectivity index is 1.60. The van der Waals surface area contributed by atoms with E-state index in [0.717, 1.165) is 21.7 Å². The predicted molar refractivity (Wildman–Crippen MR) is 125 cm³/mol. The molecule has 1 N–H and O–H groups in total. The number of amides is 2. The Labute approximate surface area is 194 Å². The summed E-state index contributed by atoms with van der Waals surface area (Å²) in [6, 6.07) is 17.3. The molecule has 1 aliphatic rings. The number of thiophene rings is 1. The first kappa shape index (κ1) is 21.1. The number of hydrogen-bond acceptors (Lipinski definition) is 5. The van der Waals surface area contributed by atoms with Gasteiger partial charge in [-0.15, -0.1) is 11.3 Å². The Kier molecular flexibility index (Phi) is 5.51. The van der Waals surface area contributed by atoms with Crippen molar-refractivity contribution in [3.8, 4) is 11.4 Å². The van der Waals surface area contributed by atoms with Gasteiger partial charge in [0, 0.05) is 16.1 Å². The van der Waals surface area contributed by atoms with E-state index in [-0.39, 0.29) is 23.6 Å². The van der Waals surface area contributed by atoms with E-state index in [1.54, 1.807) is 28.4 Å². The van der Waals surface area contributed by atoms with E-state index in [0.29, 0.717) is 17.7 Å². The molecule has 2 aromatic carbocycles. The summed E-state index contributed by atoms with van der Waals surface area (Å²) in [5.74, 6) is 0.196. The van der Waals surface area contributed by atoms with Gasteiger partial charge in [0.05, 0.1) is 18.2 Å². The lowest BCUT2D eigenvalue weighted by atomic mass is 9.94. The van der Waals surface area contributed by atoms with Crippen molar-refractivity contribution in [1.29, 1.82) is 0 Å². The number of nitrogens with zero attached hydrogens (tertiary/aromatic N) is 3. The highest BCUT2D eigenvalue weighted by Crippen LogP contribution is 2.38. The third kappa shape index (κ3) is 4.17. The van der Waals surface area contributed by atoms with Crippen molar-refractivity contribution >= 4 is 22.9 Å². The summed E-state index contributed by atoms with van der Waals surface area (Å²) in [6.45, 7) is 4.33. The average molecular weight is 461 g/mol. The summed E-state index contributed by atoms with van der Waals surface area (Å²) in [7, 11) is 0. The highest BCUT2D eigenvalue weighted by Gasteiger charge is 2.35. The Morgan fingerprint density at radius 2 is 1.94 bits per heavy atom. The number of hydrogen-bond donors (Lipinski definition) is 1. The highest BCUT2D eigenvalue weighted by molar-refractivity contribution is 7.09. The summed E-state index contributed by atoms with van der Waals surface area (Å²) in [5.41, 5.74) is 3.99. The van der Waals surface area contributed by atoms with Crippen molar-refractivity contribution in [3.63, 3.8) is 0 Å². The SMILES string of the molecule is CC1=C(c2nc(-c3cccc(F)c3)no2)C(c2ccc(C)cc2)NC(=O)N1Cc1cccs1. The molecule has 33 heavy (non-hydrogen) atoms. The largest absolute Gasteiger partial charge is 0.334 e. The number of rotatable bonds is 5. The van der Waals surface area contributed by atoms with E-state index in [2.05, 4.69) is 15.5 Å². The molecule has 5 rings (SSSR count). The molecule has 0 bridgehead atoms. The average Bonchev–Trinajstić information content (AvgIpc) is 3.49. The van der Waals surface area contributed by atoms with Gasteiger partial charge in [-0.25, -0.2) is 9.18 Å². The summed E-state index contributed by atoms with van der Waals surface area (Å²) >= 11 is 1.59. The Morgan fingerprint density at radius 1 is 1.12 bits per heavy atom. The van der Waals surface area contributed by atoms with Gasteiger partial charge in [0.25, 0.3) is 5.89 Å². The third-order valence-corrected chi connectivity index (χ3v) is 6.50. The number of aromatic nitrogens is 2. The van der Waals surface area contributed by atoms with E-state index < -0.39 is 6.04 Å². The van der Waals surface area contributed by atoms with E-state index in [1.165, 1.54) is 12.1 Å². The molecular formula is C25H21FN4O2S. The number of allylic oxidation sites excluding steroid dienone is 1. The van der Waals surface area contributed by atoms with Gasteiger partial charge in [0.15, 0.2) is 0 Å². The molecule has 1 atom stereocenters. The Hall–Kier alpha value is -3.78. The molecule has 8 heteroatoms. The van der Waals surface area contributed by atoms with Crippen LogP contribution in [0.5, 0.6) is 0 Å². The summed E-state index contributed by atoms with van der Waals surface area (Å²) in [6.07, 6.45) is 0. The van der Waals surface area contributed by atoms with Gasteiger partial charge in [0.1, 0.15) is 5.82 Å². The van der Waals surface area contributed by atoms with Gasteiger partial charge < -0.3 is 9.84 Å². The number of aryl methyl sites for hydroxylation is 1. The molecular weight excluding hydrogens is 439 g/mol. The molecule has 2 aromatic heterocycles. The molecule has 166 valence electrons. The molecule has 0 fully saturated rings. The zero-order valence-corrected chi connectivity index (χ0v) is 18.9. The van der Waals surface area contributed by atoms with Gasteiger partial charge in [0.2, 0.25) is 5.82 Å². The lowest BCUT2D eigenvalue weighted by Crippen LogP contribution is -2.45. The summed E-state index contributed by atoms with van der Waals surface area (Å²) in [4.78, 5) is 20.4. The zero-order valence-electron chi connectivity index (χ0n) is 18.1. The van der Waals surface area contributed by atoms with Gasteiger partial charge in [-0.1, -0.05) is 53.2 Å². The van der Waals surface area contributed by atoms with Crippen LogP contribution in [-0.4, -0.2) is 21.1 Å². The van der Waals surface area contributed by atoms with Gasteiger partial charge in [-0.2, -0.15) is 4.98 Å². The topological polar surface area (TPSA) is 71.3 Å². The predicted octanol–water partition coefficient (Wildman–Crippen LogP) is 5.94. The summed E-state index contributed by atoms with van der Waals surface area (Å²) < 4.78 is 19.4. The fraction of sp³-hybridized carbons (Fsp3) is 0.160. The maximum Gasteiger partial charge on any atom is 0.322 e. The normalized spacial score (nSPS) is 16.3. The minimum absolute atomic E-state index is 0.194. The van der Waals surface area contributed by atoms with E-state index in [1.807, 2.05) is 55.6 Å². The molecule has 2 amide bonds. The Morgan fingerprint density at radius 3 is 2.67 bits per heavy atom. The van der Waals surface area contributed by atoms with Crippen molar-refractivity contribution in [2.45, 2.75) is 26.4 Å². The summed E-state index contributed by atoms with van der Waals surface area (Å²) in [5, 5.41) is 9.16. The maximum absolute atomic E-state index is 13.7. The molecule has 4 aromatic rings. The minimum atomic E-state index is -0.460. The zero-order chi connectivity index (χ0) is 22.9. The second-order valence-electron chi connectivity index (χ2n) is 7.89. The molecule has 0 spiro atoms. The van der Waals surface area contributed by atoms with E-state index in [9.17, 15) is 9.18 Å². The van der Waals surface area contributed by atoms with Gasteiger partial charge in [-0.05, 0) is 43.0 Å². The van der Waals surface area contributed by atoms with Crippen molar-refractivity contribution in [2.75, 3.05) is 0 Å². The third-order valence-electron chi connectivity index (χ3n) is 5.64. The molecule has 6 nitrogen and oxygen atoms in total. The van der Waals surface area contributed by atoms with Crippen molar-refractivity contribution in [1.82, 2.24) is 20.4 Å². The van der Waals surface area contributed by atoms with Crippen LogP contribution >= 0.6 is 11.3 Å². The van der Waals surface area contributed by atoms with Crippen molar-refractivity contribution in [2.24, 2.45) is 0 Å². The molecule has 1 aliphatic heterocycles. The fourth-order valence-electron chi connectivity index (χ4n) is 3.89. The quantitative estimate of drug-likeness (QED) is 0.400. The van der Waals surface area contributed by atoms with Crippen LogP contribution < -0.4 is 5.32 Å².